The molecular weight excluding hydrogens is 353 g/mol. The van der Waals surface area contributed by atoms with Gasteiger partial charge >= 0.3 is 29.6 Å². The summed E-state index contributed by atoms with van der Waals surface area (Å²) in [7, 11) is 0. The number of benzene rings is 1. The van der Waals surface area contributed by atoms with Gasteiger partial charge in [-0.15, -0.1) is 11.8 Å². The van der Waals surface area contributed by atoms with Crippen LogP contribution in [0.1, 0.15) is 25.5 Å². The number of nitrogens with zero attached hydrogens (tertiary/aromatic N) is 1. The predicted octanol–water partition coefficient (Wildman–Crippen LogP) is -4.01. The number of carboxylic acid groups (broad SMARTS) is 1. The van der Waals surface area contributed by atoms with Crippen molar-refractivity contribution in [2.24, 2.45) is 5.73 Å². The Kier molecular flexibility index (Phi) is 5.90. The van der Waals surface area contributed by atoms with Gasteiger partial charge < -0.3 is 25.9 Å². The van der Waals surface area contributed by atoms with E-state index in [1.54, 1.807) is 38.1 Å². The van der Waals surface area contributed by atoms with Crippen molar-refractivity contribution >= 4 is 29.5 Å². The van der Waals surface area contributed by atoms with Crippen molar-refractivity contribution in [2.45, 2.75) is 42.1 Å². The number of amides is 2. The van der Waals surface area contributed by atoms with Gasteiger partial charge in [0, 0.05) is 4.75 Å². The van der Waals surface area contributed by atoms with Gasteiger partial charge in [-0.2, -0.15) is 0 Å². The first kappa shape index (κ1) is 20.3. The second-order valence-corrected chi connectivity index (χ2v) is 8.22. The van der Waals surface area contributed by atoms with Gasteiger partial charge in [-0.05, 0) is 19.4 Å². The second-order valence-electron chi connectivity index (χ2n) is 6.45. The number of aliphatic carboxylic acids is 1. The van der Waals surface area contributed by atoms with E-state index in [9.17, 15) is 19.5 Å². The minimum atomic E-state index is -1.28. The molecule has 1 aromatic rings. The number of carbonyl (C=O) groups is 3. The van der Waals surface area contributed by atoms with Crippen molar-refractivity contribution in [1.82, 2.24) is 10.2 Å². The van der Waals surface area contributed by atoms with Crippen LogP contribution in [0.15, 0.2) is 30.3 Å². The normalized spacial score (nSPS) is 27.6. The number of fused-ring (bicyclic) bond motifs is 1. The third kappa shape index (κ3) is 3.46. The molecule has 0 aromatic heterocycles. The Bertz CT molecular complexity index is 700. The van der Waals surface area contributed by atoms with Crippen molar-refractivity contribution in [2.75, 3.05) is 0 Å². The monoisotopic (exact) mass is 371 g/mol. The summed E-state index contributed by atoms with van der Waals surface area (Å²) in [5, 5.41) is 13.6. The van der Waals surface area contributed by atoms with E-state index >= 15 is 0 Å². The molecule has 2 aliphatic heterocycles. The predicted molar refractivity (Wildman–Crippen MR) is 86.4 cm³/mol. The zero-order chi connectivity index (χ0) is 17.6. The Morgan fingerprint density at radius 1 is 1.32 bits per heavy atom. The van der Waals surface area contributed by atoms with Gasteiger partial charge in [-0.1, -0.05) is 30.3 Å². The Hall–Kier alpha value is -1.06. The maximum absolute atomic E-state index is 12.3. The fourth-order valence-corrected chi connectivity index (χ4v) is 4.80. The molecule has 2 amide bonds. The molecule has 7 nitrogen and oxygen atoms in total. The molecule has 9 heteroatoms. The first-order chi connectivity index (χ1) is 11.2. The summed E-state index contributed by atoms with van der Waals surface area (Å²) < 4.78 is -0.680. The maximum Gasteiger partial charge on any atom is 1.00 e. The van der Waals surface area contributed by atoms with Crippen LogP contribution in [0.4, 0.5) is 0 Å². The SMILES string of the molecule is CC1(C)S[C@@H]2[C@H](NC(=O)C(N)c3ccccc3)C(=O)N2[C@H]1C(=O)[O-].[Na+]. The fourth-order valence-electron chi connectivity index (χ4n) is 3.18. The van der Waals surface area contributed by atoms with Gasteiger partial charge in [0.1, 0.15) is 17.5 Å². The molecule has 4 atom stereocenters. The number of rotatable bonds is 4. The van der Waals surface area contributed by atoms with Crippen LogP contribution in [0.3, 0.4) is 0 Å². The van der Waals surface area contributed by atoms with Crippen LogP contribution < -0.4 is 45.7 Å². The fraction of sp³-hybridized carbons (Fsp3) is 0.438. The number of nitrogens with one attached hydrogen (secondary N) is 1. The van der Waals surface area contributed by atoms with Crippen LogP contribution in [-0.4, -0.2) is 44.9 Å². The number of nitrogens with two attached hydrogens (primary N) is 1. The van der Waals surface area contributed by atoms with Crippen LogP contribution in [0.2, 0.25) is 0 Å². The van der Waals surface area contributed by atoms with Gasteiger partial charge in [0.15, 0.2) is 0 Å². The number of hydrogen-bond acceptors (Lipinski definition) is 6. The molecule has 3 rings (SSSR count). The summed E-state index contributed by atoms with van der Waals surface area (Å²) >= 11 is 1.34. The third-order valence-electron chi connectivity index (χ3n) is 4.40. The molecule has 25 heavy (non-hydrogen) atoms. The van der Waals surface area contributed by atoms with E-state index in [-0.39, 0.29) is 29.6 Å². The van der Waals surface area contributed by atoms with Crippen molar-refractivity contribution in [3.05, 3.63) is 35.9 Å². The number of thioether (sulfide) groups is 1. The van der Waals surface area contributed by atoms with E-state index in [0.29, 0.717) is 5.56 Å². The quantitative estimate of drug-likeness (QED) is 0.412. The van der Waals surface area contributed by atoms with Crippen molar-refractivity contribution in [3.8, 4) is 0 Å². The number of β-lactam (4-membered cyclic amide) rings is 1. The number of carboxylic acids is 1. The molecule has 2 fully saturated rings. The summed E-state index contributed by atoms with van der Waals surface area (Å²) in [5.41, 5.74) is 6.57. The van der Waals surface area contributed by atoms with Crippen LogP contribution >= 0.6 is 11.8 Å². The first-order valence-corrected chi connectivity index (χ1v) is 8.44. The Morgan fingerprint density at radius 3 is 2.48 bits per heavy atom. The molecule has 0 aliphatic carbocycles. The zero-order valence-electron chi connectivity index (χ0n) is 14.3. The minimum Gasteiger partial charge on any atom is -0.548 e. The molecule has 0 saturated carbocycles. The summed E-state index contributed by atoms with van der Waals surface area (Å²) in [5.74, 6) is -2.16. The Labute approximate surface area is 172 Å². The van der Waals surface area contributed by atoms with Crippen LogP contribution in [0.25, 0.3) is 0 Å². The third-order valence-corrected chi connectivity index (χ3v) is 5.97. The van der Waals surface area contributed by atoms with E-state index in [2.05, 4.69) is 5.32 Å². The van der Waals surface area contributed by atoms with E-state index in [1.807, 2.05) is 6.07 Å². The summed E-state index contributed by atoms with van der Waals surface area (Å²) in [6.45, 7) is 3.50. The number of hydrogen-bond donors (Lipinski definition) is 2. The van der Waals surface area contributed by atoms with Gasteiger partial charge in [-0.3, -0.25) is 9.59 Å². The van der Waals surface area contributed by atoms with Crippen molar-refractivity contribution in [3.63, 3.8) is 0 Å². The zero-order valence-corrected chi connectivity index (χ0v) is 17.1. The Morgan fingerprint density at radius 2 is 1.92 bits per heavy atom. The standard InChI is InChI=1S/C16H19N3O4S.Na/c1-16(2)11(15(22)23)19-13(21)10(14(19)24-16)18-12(20)9(17)8-6-4-3-5-7-8;/h3-7,9-11,14H,17H2,1-2H3,(H,18,20)(H,22,23);/q;+1/p-1/t9?,10-,11+,14-;/m1./s1. The molecule has 1 unspecified atom stereocenters. The van der Waals surface area contributed by atoms with Crippen LogP contribution in [-0.2, 0) is 14.4 Å². The van der Waals surface area contributed by atoms with Gasteiger partial charge in [0.05, 0.1) is 12.0 Å². The smallest absolute Gasteiger partial charge is 0.548 e. The van der Waals surface area contributed by atoms with Gasteiger partial charge in [-0.25, -0.2) is 0 Å². The summed E-state index contributed by atoms with van der Waals surface area (Å²) in [6.07, 6.45) is 0. The maximum atomic E-state index is 12.3. The second kappa shape index (κ2) is 7.28. The average Bonchev–Trinajstić information content (AvgIpc) is 2.80. The van der Waals surface area contributed by atoms with Crippen molar-refractivity contribution in [1.29, 1.82) is 0 Å². The molecule has 0 spiro atoms. The molecule has 128 valence electrons. The molecule has 2 saturated heterocycles. The topological polar surface area (TPSA) is 116 Å². The molecule has 1 aromatic carbocycles. The molecule has 3 N–H and O–H groups in total. The first-order valence-electron chi connectivity index (χ1n) is 7.56. The average molecular weight is 371 g/mol. The van der Waals surface area contributed by atoms with E-state index in [0.717, 1.165) is 0 Å². The largest absolute Gasteiger partial charge is 1.00 e. The van der Waals surface area contributed by atoms with E-state index < -0.39 is 46.0 Å². The number of carbonyl (C=O) groups excluding carboxylic acids is 3. The Balaban J connectivity index is 0.00000225. The van der Waals surface area contributed by atoms with E-state index in [1.165, 1.54) is 16.7 Å². The van der Waals surface area contributed by atoms with Gasteiger partial charge in [0.2, 0.25) is 11.8 Å². The minimum absolute atomic E-state index is 0. The van der Waals surface area contributed by atoms with Crippen molar-refractivity contribution < 1.29 is 49.0 Å². The molecule has 0 bridgehead atoms. The van der Waals surface area contributed by atoms with Gasteiger partial charge in [0.25, 0.3) is 0 Å². The molecule has 0 radical (unpaired) electrons. The van der Waals surface area contributed by atoms with Crippen LogP contribution in [0.5, 0.6) is 0 Å². The van der Waals surface area contributed by atoms with Crippen LogP contribution in [0, 0.1) is 0 Å². The summed E-state index contributed by atoms with van der Waals surface area (Å²) in [4.78, 5) is 37.2. The van der Waals surface area contributed by atoms with E-state index in [4.69, 9.17) is 5.73 Å². The molecule has 2 aliphatic rings. The summed E-state index contributed by atoms with van der Waals surface area (Å²) in [6, 6.07) is 6.19. The molecular formula is C16H18N3NaO4S. The molecule has 2 heterocycles.